The maximum atomic E-state index is 6.13. The van der Waals surface area contributed by atoms with Gasteiger partial charge in [-0.25, -0.2) is 0 Å². The van der Waals surface area contributed by atoms with E-state index in [2.05, 4.69) is 54.1 Å². The number of aromatic nitrogens is 1. The van der Waals surface area contributed by atoms with E-state index < -0.39 is 0 Å². The third-order valence-corrected chi connectivity index (χ3v) is 4.00. The fourth-order valence-corrected chi connectivity index (χ4v) is 2.84. The van der Waals surface area contributed by atoms with Crippen molar-refractivity contribution < 1.29 is 4.57 Å². The summed E-state index contributed by atoms with van der Waals surface area (Å²) in [7, 11) is 0. The van der Waals surface area contributed by atoms with Crippen LogP contribution in [-0.2, 0) is 6.54 Å². The molecule has 1 aromatic heterocycles. The van der Waals surface area contributed by atoms with Gasteiger partial charge in [0.25, 0.3) is 0 Å². The van der Waals surface area contributed by atoms with E-state index >= 15 is 0 Å². The smallest absolute Gasteiger partial charge is 0.198 e. The van der Waals surface area contributed by atoms with E-state index in [1.54, 1.807) is 0 Å². The van der Waals surface area contributed by atoms with Crippen LogP contribution in [0.1, 0.15) is 19.8 Å². The van der Waals surface area contributed by atoms with Gasteiger partial charge in [0.1, 0.15) is 6.54 Å². The highest BCUT2D eigenvalue weighted by molar-refractivity contribution is 6.30. The van der Waals surface area contributed by atoms with E-state index in [0.717, 1.165) is 11.6 Å². The molecular formula is C19H19ClN+. The van der Waals surface area contributed by atoms with Gasteiger partial charge in [0.15, 0.2) is 6.20 Å². The number of unbranched alkanes of at least 4 members (excludes halogenated alkanes) is 1. The van der Waals surface area contributed by atoms with E-state index in [9.17, 15) is 0 Å². The molecule has 1 heterocycles. The van der Waals surface area contributed by atoms with Crippen molar-refractivity contribution in [1.29, 1.82) is 0 Å². The van der Waals surface area contributed by atoms with Crippen molar-refractivity contribution in [3.05, 3.63) is 65.8 Å². The Morgan fingerprint density at radius 1 is 0.952 bits per heavy atom. The van der Waals surface area contributed by atoms with Gasteiger partial charge in [-0.1, -0.05) is 49.2 Å². The van der Waals surface area contributed by atoms with Crippen LogP contribution in [0, 0.1) is 0 Å². The number of aryl methyl sites for hydroxylation is 1. The van der Waals surface area contributed by atoms with Gasteiger partial charge in [0, 0.05) is 28.5 Å². The SMILES string of the molecule is CCCC[n+]1cc(-c2cccc(Cl)c2)cc2ccccc21. The predicted octanol–water partition coefficient (Wildman–Crippen LogP) is 5.25. The molecule has 0 atom stereocenters. The maximum Gasteiger partial charge on any atom is 0.212 e. The number of fused-ring (bicyclic) bond motifs is 1. The van der Waals surface area contributed by atoms with E-state index in [1.807, 2.05) is 18.2 Å². The summed E-state index contributed by atoms with van der Waals surface area (Å²) in [5.74, 6) is 0. The second-order valence-corrected chi connectivity index (χ2v) is 5.78. The van der Waals surface area contributed by atoms with Crippen molar-refractivity contribution in [3.63, 3.8) is 0 Å². The molecule has 106 valence electrons. The fraction of sp³-hybridized carbons (Fsp3) is 0.211. The predicted molar refractivity (Wildman–Crippen MR) is 89.5 cm³/mol. The zero-order chi connectivity index (χ0) is 14.7. The Morgan fingerprint density at radius 2 is 1.81 bits per heavy atom. The molecule has 0 N–H and O–H groups in total. The highest BCUT2D eigenvalue weighted by Crippen LogP contribution is 2.24. The van der Waals surface area contributed by atoms with Crippen molar-refractivity contribution in [3.8, 4) is 11.1 Å². The molecule has 2 heteroatoms. The summed E-state index contributed by atoms with van der Waals surface area (Å²) in [6, 6.07) is 18.8. The summed E-state index contributed by atoms with van der Waals surface area (Å²) in [5, 5.41) is 2.05. The van der Waals surface area contributed by atoms with Gasteiger partial charge in [-0.2, -0.15) is 4.57 Å². The molecule has 0 unspecified atom stereocenters. The number of nitrogens with zero attached hydrogens (tertiary/aromatic N) is 1. The Bertz CT molecular complexity index is 764. The lowest BCUT2D eigenvalue weighted by Gasteiger charge is -2.06. The van der Waals surface area contributed by atoms with Crippen LogP contribution in [-0.4, -0.2) is 0 Å². The number of hydrogen-bond donors (Lipinski definition) is 0. The summed E-state index contributed by atoms with van der Waals surface area (Å²) in [6.45, 7) is 3.27. The Labute approximate surface area is 130 Å². The molecule has 0 radical (unpaired) electrons. The van der Waals surface area contributed by atoms with E-state index in [1.165, 1.54) is 34.9 Å². The standard InChI is InChI=1S/C19H19ClN/c1-2-3-11-21-14-17(15-8-6-9-18(20)13-15)12-16-7-4-5-10-19(16)21/h4-10,12-14H,2-3,11H2,1H3/q+1. The number of benzene rings is 2. The molecule has 2 aromatic carbocycles. The van der Waals surface area contributed by atoms with Crippen LogP contribution in [0.5, 0.6) is 0 Å². The Morgan fingerprint density at radius 3 is 2.62 bits per heavy atom. The number of rotatable bonds is 4. The first-order valence-electron chi connectivity index (χ1n) is 7.46. The molecule has 1 nitrogen and oxygen atoms in total. The van der Waals surface area contributed by atoms with Crippen molar-refractivity contribution in [2.45, 2.75) is 26.3 Å². The molecule has 0 bridgehead atoms. The van der Waals surface area contributed by atoms with E-state index in [4.69, 9.17) is 11.6 Å². The molecule has 0 spiro atoms. The highest BCUT2D eigenvalue weighted by Gasteiger charge is 2.12. The zero-order valence-corrected chi connectivity index (χ0v) is 13.0. The third kappa shape index (κ3) is 3.08. The molecule has 0 aliphatic carbocycles. The van der Waals surface area contributed by atoms with Crippen molar-refractivity contribution in [2.75, 3.05) is 0 Å². The lowest BCUT2D eigenvalue weighted by molar-refractivity contribution is -0.671. The lowest BCUT2D eigenvalue weighted by atomic mass is 10.0. The largest absolute Gasteiger partial charge is 0.212 e. The maximum absolute atomic E-state index is 6.13. The second-order valence-electron chi connectivity index (χ2n) is 5.34. The topological polar surface area (TPSA) is 3.88 Å². The molecule has 0 aliphatic rings. The van der Waals surface area contributed by atoms with Crippen LogP contribution in [0.2, 0.25) is 5.02 Å². The van der Waals surface area contributed by atoms with E-state index in [0.29, 0.717) is 0 Å². The minimum absolute atomic E-state index is 0.778. The average Bonchev–Trinajstić information content (AvgIpc) is 2.52. The number of hydrogen-bond acceptors (Lipinski definition) is 0. The summed E-state index contributed by atoms with van der Waals surface area (Å²) in [5.41, 5.74) is 3.67. The van der Waals surface area contributed by atoms with Crippen molar-refractivity contribution in [1.82, 2.24) is 0 Å². The number of para-hydroxylation sites is 1. The lowest BCUT2D eigenvalue weighted by Crippen LogP contribution is -2.34. The summed E-state index contributed by atoms with van der Waals surface area (Å²) in [6.07, 6.45) is 4.63. The van der Waals surface area contributed by atoms with Crippen LogP contribution in [0.4, 0.5) is 0 Å². The molecule has 21 heavy (non-hydrogen) atoms. The molecule has 3 rings (SSSR count). The van der Waals surface area contributed by atoms with Gasteiger partial charge >= 0.3 is 0 Å². The summed E-state index contributed by atoms with van der Waals surface area (Å²) in [4.78, 5) is 0. The van der Waals surface area contributed by atoms with E-state index in [-0.39, 0.29) is 0 Å². The summed E-state index contributed by atoms with van der Waals surface area (Å²) < 4.78 is 2.36. The molecule has 0 saturated carbocycles. The normalized spacial score (nSPS) is 11.0. The number of pyridine rings is 1. The second kappa shape index (κ2) is 6.28. The first kappa shape index (κ1) is 14.1. The van der Waals surface area contributed by atoms with Gasteiger partial charge in [-0.3, -0.25) is 0 Å². The van der Waals surface area contributed by atoms with Crippen LogP contribution in [0.3, 0.4) is 0 Å². The number of halogens is 1. The third-order valence-electron chi connectivity index (χ3n) is 3.76. The average molecular weight is 297 g/mol. The Hall–Kier alpha value is -1.86. The Kier molecular flexibility index (Phi) is 4.21. The highest BCUT2D eigenvalue weighted by atomic mass is 35.5. The van der Waals surface area contributed by atoms with Gasteiger partial charge in [0.05, 0.1) is 0 Å². The minimum Gasteiger partial charge on any atom is -0.198 e. The molecule has 3 aromatic rings. The molecule has 0 aliphatic heterocycles. The van der Waals surface area contributed by atoms with Gasteiger partial charge in [0.2, 0.25) is 5.52 Å². The van der Waals surface area contributed by atoms with Gasteiger partial charge in [-0.15, -0.1) is 0 Å². The molecule has 0 saturated heterocycles. The van der Waals surface area contributed by atoms with Crippen LogP contribution in [0.15, 0.2) is 60.8 Å². The van der Waals surface area contributed by atoms with Crippen LogP contribution < -0.4 is 4.57 Å². The molecule has 0 amide bonds. The monoisotopic (exact) mass is 296 g/mol. The van der Waals surface area contributed by atoms with Crippen molar-refractivity contribution in [2.24, 2.45) is 0 Å². The van der Waals surface area contributed by atoms with Gasteiger partial charge in [-0.05, 0) is 29.8 Å². The summed E-state index contributed by atoms with van der Waals surface area (Å²) >= 11 is 6.13. The fourth-order valence-electron chi connectivity index (χ4n) is 2.65. The molecular weight excluding hydrogens is 278 g/mol. The van der Waals surface area contributed by atoms with Gasteiger partial charge < -0.3 is 0 Å². The Balaban J connectivity index is 2.15. The quantitative estimate of drug-likeness (QED) is 0.579. The minimum atomic E-state index is 0.778. The molecule has 0 fully saturated rings. The van der Waals surface area contributed by atoms with Crippen LogP contribution in [0.25, 0.3) is 22.0 Å². The van der Waals surface area contributed by atoms with Crippen LogP contribution >= 0.6 is 11.6 Å². The first-order valence-corrected chi connectivity index (χ1v) is 7.84. The zero-order valence-electron chi connectivity index (χ0n) is 12.2. The first-order chi connectivity index (χ1) is 10.3. The van der Waals surface area contributed by atoms with Crippen molar-refractivity contribution >= 4 is 22.5 Å².